The summed E-state index contributed by atoms with van der Waals surface area (Å²) in [5.74, 6) is 2.12. The maximum Gasteiger partial charge on any atom is 0.225 e. The highest BCUT2D eigenvalue weighted by Gasteiger charge is 2.31. The highest BCUT2D eigenvalue weighted by atomic mass is 16.5. The zero-order valence-corrected chi connectivity index (χ0v) is 17.7. The molecule has 0 spiro atoms. The zero-order valence-electron chi connectivity index (χ0n) is 17.7. The molecule has 0 saturated carbocycles. The van der Waals surface area contributed by atoms with Crippen molar-refractivity contribution in [1.29, 1.82) is 0 Å². The molecule has 162 valence electrons. The Hall–Kier alpha value is -3.36. The van der Waals surface area contributed by atoms with Gasteiger partial charge in [0.05, 0.1) is 13.4 Å². The summed E-state index contributed by atoms with van der Waals surface area (Å²) < 4.78 is 5.24. The molecule has 0 bridgehead atoms. The third kappa shape index (κ3) is 3.87. The van der Waals surface area contributed by atoms with E-state index < -0.39 is 0 Å². The van der Waals surface area contributed by atoms with Crippen LogP contribution in [0.5, 0.6) is 5.75 Å². The fourth-order valence-corrected chi connectivity index (χ4v) is 4.57. The standard InChI is InChI=1S/C22H27N7O2/c1-31-18-4-2-17(3-5-18)27-10-12-29(13-11-27)22(30)16-6-8-28(9-7-16)21-19-20(24-14-23-19)25-15-26-21/h2-5,14-16H,6-13H2,1H3,(H,23,24,25,26). The summed E-state index contributed by atoms with van der Waals surface area (Å²) in [4.78, 5) is 35.7. The minimum Gasteiger partial charge on any atom is -0.497 e. The van der Waals surface area contributed by atoms with E-state index in [2.05, 4.69) is 41.9 Å². The maximum atomic E-state index is 13.1. The van der Waals surface area contributed by atoms with E-state index in [0.29, 0.717) is 11.6 Å². The number of imidazole rings is 1. The molecule has 3 aromatic rings. The summed E-state index contributed by atoms with van der Waals surface area (Å²) in [6.07, 6.45) is 4.89. The van der Waals surface area contributed by atoms with Crippen LogP contribution >= 0.6 is 0 Å². The Labute approximate surface area is 181 Å². The van der Waals surface area contributed by atoms with Crippen LogP contribution in [0.4, 0.5) is 11.5 Å². The highest BCUT2D eigenvalue weighted by molar-refractivity contribution is 5.83. The number of anilines is 2. The number of ether oxygens (including phenoxy) is 1. The number of benzene rings is 1. The Morgan fingerprint density at radius 1 is 0.968 bits per heavy atom. The lowest BCUT2D eigenvalue weighted by Gasteiger charge is -2.39. The van der Waals surface area contributed by atoms with Gasteiger partial charge in [-0.2, -0.15) is 0 Å². The third-order valence-corrected chi connectivity index (χ3v) is 6.38. The Kier molecular flexibility index (Phi) is 5.31. The van der Waals surface area contributed by atoms with E-state index in [4.69, 9.17) is 4.74 Å². The third-order valence-electron chi connectivity index (χ3n) is 6.38. The van der Waals surface area contributed by atoms with Crippen molar-refractivity contribution < 1.29 is 9.53 Å². The molecule has 31 heavy (non-hydrogen) atoms. The van der Waals surface area contributed by atoms with Crippen molar-refractivity contribution in [1.82, 2.24) is 24.8 Å². The summed E-state index contributed by atoms with van der Waals surface area (Å²) in [5.41, 5.74) is 2.72. The number of piperidine rings is 1. The van der Waals surface area contributed by atoms with Gasteiger partial charge in [0.15, 0.2) is 11.5 Å². The molecule has 0 radical (unpaired) electrons. The molecular formula is C22H27N7O2. The number of H-pyrrole nitrogens is 1. The molecule has 1 amide bonds. The van der Waals surface area contributed by atoms with Gasteiger partial charge in [0.2, 0.25) is 5.91 Å². The van der Waals surface area contributed by atoms with Crippen LogP contribution in [0.15, 0.2) is 36.9 Å². The second-order valence-corrected chi connectivity index (χ2v) is 8.07. The van der Waals surface area contributed by atoms with Crippen molar-refractivity contribution in [2.45, 2.75) is 12.8 Å². The Balaban J connectivity index is 1.15. The number of carbonyl (C=O) groups excluding carboxylic acids is 1. The molecule has 0 atom stereocenters. The number of hydrogen-bond acceptors (Lipinski definition) is 7. The summed E-state index contributed by atoms with van der Waals surface area (Å²) in [6.45, 7) is 4.88. The molecule has 1 N–H and O–H groups in total. The summed E-state index contributed by atoms with van der Waals surface area (Å²) in [7, 11) is 1.68. The predicted molar refractivity (Wildman–Crippen MR) is 118 cm³/mol. The first-order valence-corrected chi connectivity index (χ1v) is 10.8. The van der Waals surface area contributed by atoms with E-state index >= 15 is 0 Å². The molecule has 2 aliphatic rings. The van der Waals surface area contributed by atoms with Crippen molar-refractivity contribution in [3.8, 4) is 5.75 Å². The second kappa shape index (κ2) is 8.41. The van der Waals surface area contributed by atoms with Gasteiger partial charge in [-0.05, 0) is 37.1 Å². The van der Waals surface area contributed by atoms with Crippen molar-refractivity contribution in [2.24, 2.45) is 5.92 Å². The van der Waals surface area contributed by atoms with Crippen LogP contribution < -0.4 is 14.5 Å². The predicted octanol–water partition coefficient (Wildman–Crippen LogP) is 1.93. The molecule has 0 aliphatic carbocycles. The lowest BCUT2D eigenvalue weighted by Crippen LogP contribution is -2.51. The van der Waals surface area contributed by atoms with Crippen LogP contribution in [0.2, 0.25) is 0 Å². The molecule has 0 unspecified atom stereocenters. The molecule has 2 aliphatic heterocycles. The van der Waals surface area contributed by atoms with Crippen LogP contribution in [-0.4, -0.2) is 77.1 Å². The first-order chi connectivity index (χ1) is 15.2. The molecule has 5 rings (SSSR count). The Morgan fingerprint density at radius 2 is 1.71 bits per heavy atom. The highest BCUT2D eigenvalue weighted by Crippen LogP contribution is 2.27. The van der Waals surface area contributed by atoms with Gasteiger partial charge in [0.1, 0.15) is 17.6 Å². The van der Waals surface area contributed by atoms with Gasteiger partial charge < -0.3 is 24.4 Å². The van der Waals surface area contributed by atoms with Crippen LogP contribution in [0, 0.1) is 5.92 Å². The minimum absolute atomic E-state index is 0.0860. The number of nitrogens with zero attached hydrogens (tertiary/aromatic N) is 6. The molecule has 9 nitrogen and oxygen atoms in total. The van der Waals surface area contributed by atoms with Crippen LogP contribution in [0.25, 0.3) is 11.2 Å². The Bertz CT molecular complexity index is 1040. The largest absolute Gasteiger partial charge is 0.497 e. The SMILES string of the molecule is COc1ccc(N2CCN(C(=O)C3CCN(c4ncnc5nc[nH]c45)CC3)CC2)cc1. The summed E-state index contributed by atoms with van der Waals surface area (Å²) >= 11 is 0. The van der Waals surface area contributed by atoms with Gasteiger partial charge >= 0.3 is 0 Å². The van der Waals surface area contributed by atoms with Gasteiger partial charge in [-0.1, -0.05) is 0 Å². The number of nitrogens with one attached hydrogen (secondary N) is 1. The smallest absolute Gasteiger partial charge is 0.225 e. The summed E-state index contributed by atoms with van der Waals surface area (Å²) in [5, 5.41) is 0. The molecule has 9 heteroatoms. The number of amides is 1. The zero-order chi connectivity index (χ0) is 21.2. The number of hydrogen-bond donors (Lipinski definition) is 1. The van der Waals surface area contributed by atoms with Crippen molar-refractivity contribution in [2.75, 3.05) is 56.2 Å². The molecule has 4 heterocycles. The van der Waals surface area contributed by atoms with Gasteiger partial charge in [0.25, 0.3) is 0 Å². The van der Waals surface area contributed by atoms with Crippen molar-refractivity contribution >= 4 is 28.6 Å². The summed E-state index contributed by atoms with van der Waals surface area (Å²) in [6, 6.07) is 8.12. The van der Waals surface area contributed by atoms with Crippen LogP contribution in [0.3, 0.4) is 0 Å². The van der Waals surface area contributed by atoms with E-state index in [1.165, 1.54) is 5.69 Å². The van der Waals surface area contributed by atoms with Gasteiger partial charge in [-0.25, -0.2) is 15.0 Å². The van der Waals surface area contributed by atoms with E-state index in [1.807, 2.05) is 17.0 Å². The fraction of sp³-hybridized carbons (Fsp3) is 0.455. The number of fused-ring (bicyclic) bond motifs is 1. The van der Waals surface area contributed by atoms with E-state index in [9.17, 15) is 4.79 Å². The second-order valence-electron chi connectivity index (χ2n) is 8.07. The average molecular weight is 422 g/mol. The molecule has 1 aromatic carbocycles. The molecule has 2 aromatic heterocycles. The fourth-order valence-electron chi connectivity index (χ4n) is 4.57. The van der Waals surface area contributed by atoms with Crippen LogP contribution in [0.1, 0.15) is 12.8 Å². The number of carbonyl (C=O) groups is 1. The number of piperazine rings is 1. The van der Waals surface area contributed by atoms with Crippen molar-refractivity contribution in [3.05, 3.63) is 36.9 Å². The van der Waals surface area contributed by atoms with Gasteiger partial charge in [-0.15, -0.1) is 0 Å². The minimum atomic E-state index is 0.0860. The van der Waals surface area contributed by atoms with Crippen LogP contribution in [-0.2, 0) is 4.79 Å². The number of aromatic nitrogens is 4. The average Bonchev–Trinajstić information content (AvgIpc) is 3.33. The quantitative estimate of drug-likeness (QED) is 0.688. The normalized spacial score (nSPS) is 17.9. The number of rotatable bonds is 4. The van der Waals surface area contributed by atoms with E-state index in [0.717, 1.165) is 69.2 Å². The monoisotopic (exact) mass is 421 g/mol. The first-order valence-electron chi connectivity index (χ1n) is 10.8. The first kappa shape index (κ1) is 19.6. The topological polar surface area (TPSA) is 90.5 Å². The van der Waals surface area contributed by atoms with Gasteiger partial charge in [-0.3, -0.25) is 4.79 Å². The molecule has 2 saturated heterocycles. The lowest BCUT2D eigenvalue weighted by atomic mass is 9.95. The van der Waals surface area contributed by atoms with Gasteiger partial charge in [0, 0.05) is 50.9 Å². The van der Waals surface area contributed by atoms with E-state index in [1.54, 1.807) is 19.8 Å². The molecular weight excluding hydrogens is 394 g/mol. The molecule has 2 fully saturated rings. The maximum absolute atomic E-state index is 13.1. The van der Waals surface area contributed by atoms with E-state index in [-0.39, 0.29) is 5.92 Å². The number of aromatic amines is 1. The Morgan fingerprint density at radius 3 is 2.42 bits per heavy atom. The van der Waals surface area contributed by atoms with Crippen molar-refractivity contribution in [3.63, 3.8) is 0 Å². The number of methoxy groups -OCH3 is 1. The lowest BCUT2D eigenvalue weighted by molar-refractivity contribution is -0.136.